The Kier molecular flexibility index (Phi) is 4.43. The van der Waals surface area contributed by atoms with E-state index in [1.807, 2.05) is 11.3 Å². The summed E-state index contributed by atoms with van der Waals surface area (Å²) >= 11 is 1.90. The Morgan fingerprint density at radius 3 is 2.50 bits per heavy atom. The third-order valence-corrected chi connectivity index (χ3v) is 5.02. The Hall–Kier alpha value is -0.420. The number of nitrogens with zero attached hydrogens (tertiary/aromatic N) is 1. The van der Waals surface area contributed by atoms with E-state index in [1.165, 1.54) is 9.75 Å². The van der Waals surface area contributed by atoms with Gasteiger partial charge >= 0.3 is 0 Å². The van der Waals surface area contributed by atoms with Crippen LogP contribution in [0.25, 0.3) is 0 Å². The van der Waals surface area contributed by atoms with Crippen LogP contribution in [0.2, 0.25) is 0 Å². The summed E-state index contributed by atoms with van der Waals surface area (Å²) in [5, 5.41) is 0. The fraction of sp³-hybridized carbons (Fsp3) is 0.714. The van der Waals surface area contributed by atoms with Crippen LogP contribution in [-0.4, -0.2) is 37.7 Å². The molecule has 4 heteroatoms. The lowest BCUT2D eigenvalue weighted by molar-refractivity contribution is 0.0186. The SMILES string of the molecule is CC(C)(C)c1ccc(C(CN)N2CCOCC2)s1. The van der Waals surface area contributed by atoms with Crippen LogP contribution in [-0.2, 0) is 10.2 Å². The van der Waals surface area contributed by atoms with Crippen molar-refractivity contribution in [3.63, 3.8) is 0 Å². The lowest BCUT2D eigenvalue weighted by Crippen LogP contribution is -2.41. The van der Waals surface area contributed by atoms with Crippen molar-refractivity contribution in [3.05, 3.63) is 21.9 Å². The van der Waals surface area contributed by atoms with Crippen molar-refractivity contribution in [1.82, 2.24) is 4.90 Å². The largest absolute Gasteiger partial charge is 0.379 e. The van der Waals surface area contributed by atoms with Crippen LogP contribution in [0.15, 0.2) is 12.1 Å². The second-order valence-electron chi connectivity index (χ2n) is 5.85. The molecule has 1 atom stereocenters. The van der Waals surface area contributed by atoms with Crippen LogP contribution in [0, 0.1) is 0 Å². The van der Waals surface area contributed by atoms with E-state index < -0.39 is 0 Å². The first-order valence-electron chi connectivity index (χ1n) is 6.64. The maximum Gasteiger partial charge on any atom is 0.0594 e. The van der Waals surface area contributed by atoms with Gasteiger partial charge in [0, 0.05) is 29.4 Å². The molecule has 0 radical (unpaired) electrons. The van der Waals surface area contributed by atoms with Gasteiger partial charge in [-0.3, -0.25) is 4.90 Å². The van der Waals surface area contributed by atoms with Crippen molar-refractivity contribution in [2.75, 3.05) is 32.8 Å². The summed E-state index contributed by atoms with van der Waals surface area (Å²) in [5.74, 6) is 0. The van der Waals surface area contributed by atoms with Gasteiger partial charge in [0.05, 0.1) is 19.3 Å². The first kappa shape index (κ1) is 14.0. The Morgan fingerprint density at radius 1 is 1.33 bits per heavy atom. The molecule has 1 aromatic heterocycles. The highest BCUT2D eigenvalue weighted by atomic mass is 32.1. The molecule has 1 aliphatic rings. The molecule has 0 amide bonds. The van der Waals surface area contributed by atoms with Gasteiger partial charge in [0.1, 0.15) is 0 Å². The molecule has 102 valence electrons. The summed E-state index contributed by atoms with van der Waals surface area (Å²) in [6, 6.07) is 4.86. The predicted molar refractivity (Wildman–Crippen MR) is 77.2 cm³/mol. The van der Waals surface area contributed by atoms with E-state index in [2.05, 4.69) is 37.8 Å². The van der Waals surface area contributed by atoms with Gasteiger partial charge in [0.2, 0.25) is 0 Å². The van der Waals surface area contributed by atoms with Crippen molar-refractivity contribution in [2.45, 2.75) is 32.2 Å². The molecule has 0 spiro atoms. The number of nitrogens with two attached hydrogens (primary N) is 1. The maximum absolute atomic E-state index is 5.98. The average Bonchev–Trinajstić information content (AvgIpc) is 2.81. The molecule has 1 aromatic rings. The fourth-order valence-electron chi connectivity index (χ4n) is 2.27. The second-order valence-corrected chi connectivity index (χ2v) is 6.97. The minimum absolute atomic E-state index is 0.229. The number of rotatable bonds is 3. The number of ether oxygens (including phenoxy) is 1. The molecule has 2 N–H and O–H groups in total. The lowest BCUT2D eigenvalue weighted by atomic mass is 9.95. The molecule has 2 rings (SSSR count). The van der Waals surface area contributed by atoms with Gasteiger partial charge in [-0.05, 0) is 17.5 Å². The number of morpholine rings is 1. The van der Waals surface area contributed by atoms with Gasteiger partial charge in [-0.2, -0.15) is 0 Å². The quantitative estimate of drug-likeness (QED) is 0.914. The fourth-order valence-corrected chi connectivity index (χ4v) is 3.48. The Bertz CT molecular complexity index is 377. The van der Waals surface area contributed by atoms with E-state index >= 15 is 0 Å². The van der Waals surface area contributed by atoms with Gasteiger partial charge < -0.3 is 10.5 Å². The highest BCUT2D eigenvalue weighted by molar-refractivity contribution is 7.12. The van der Waals surface area contributed by atoms with Crippen molar-refractivity contribution >= 4 is 11.3 Å². The van der Waals surface area contributed by atoms with Crippen molar-refractivity contribution in [1.29, 1.82) is 0 Å². The van der Waals surface area contributed by atoms with E-state index in [-0.39, 0.29) is 5.41 Å². The minimum Gasteiger partial charge on any atom is -0.379 e. The molecule has 3 nitrogen and oxygen atoms in total. The smallest absolute Gasteiger partial charge is 0.0594 e. The van der Waals surface area contributed by atoms with E-state index in [4.69, 9.17) is 10.5 Å². The van der Waals surface area contributed by atoms with E-state index in [0.29, 0.717) is 12.6 Å². The molecule has 2 heterocycles. The lowest BCUT2D eigenvalue weighted by Gasteiger charge is -2.33. The maximum atomic E-state index is 5.98. The Morgan fingerprint density at radius 2 is 2.00 bits per heavy atom. The molecule has 1 unspecified atom stereocenters. The predicted octanol–water partition coefficient (Wildman–Crippen LogP) is 2.38. The average molecular weight is 268 g/mol. The van der Waals surface area contributed by atoms with Gasteiger partial charge in [-0.15, -0.1) is 11.3 Å². The molecule has 1 aliphatic heterocycles. The standard InChI is InChI=1S/C14H24N2OS/c1-14(2,3)13-5-4-12(18-13)11(10-15)16-6-8-17-9-7-16/h4-5,11H,6-10,15H2,1-3H3. The molecule has 0 saturated carbocycles. The van der Waals surface area contributed by atoms with Crippen LogP contribution in [0.3, 0.4) is 0 Å². The van der Waals surface area contributed by atoms with Gasteiger partial charge in [0.25, 0.3) is 0 Å². The van der Waals surface area contributed by atoms with Crippen LogP contribution in [0.5, 0.6) is 0 Å². The molecule has 1 saturated heterocycles. The first-order valence-corrected chi connectivity index (χ1v) is 7.46. The third-order valence-electron chi connectivity index (χ3n) is 3.40. The molecular weight excluding hydrogens is 244 g/mol. The second kappa shape index (κ2) is 5.70. The van der Waals surface area contributed by atoms with Crippen molar-refractivity contribution in [2.24, 2.45) is 5.73 Å². The van der Waals surface area contributed by atoms with Crippen LogP contribution in [0.1, 0.15) is 36.6 Å². The molecule has 18 heavy (non-hydrogen) atoms. The number of hydrogen-bond donors (Lipinski definition) is 1. The molecular formula is C14H24N2OS. The molecule has 0 bridgehead atoms. The zero-order chi connectivity index (χ0) is 13.2. The molecule has 0 aliphatic carbocycles. The summed E-state index contributed by atoms with van der Waals surface area (Å²) in [7, 11) is 0. The van der Waals surface area contributed by atoms with E-state index in [1.54, 1.807) is 0 Å². The Balaban J connectivity index is 2.14. The van der Waals surface area contributed by atoms with E-state index in [0.717, 1.165) is 26.3 Å². The summed E-state index contributed by atoms with van der Waals surface area (Å²) in [4.78, 5) is 5.27. The zero-order valence-corrected chi connectivity index (χ0v) is 12.4. The Labute approximate surface area is 114 Å². The number of thiophene rings is 1. The van der Waals surface area contributed by atoms with E-state index in [9.17, 15) is 0 Å². The summed E-state index contributed by atoms with van der Waals surface area (Å²) in [6.07, 6.45) is 0. The van der Waals surface area contributed by atoms with Crippen LogP contribution in [0.4, 0.5) is 0 Å². The third kappa shape index (κ3) is 3.12. The first-order chi connectivity index (χ1) is 8.52. The van der Waals surface area contributed by atoms with Crippen LogP contribution >= 0.6 is 11.3 Å². The van der Waals surface area contributed by atoms with Gasteiger partial charge in [0.15, 0.2) is 0 Å². The topological polar surface area (TPSA) is 38.5 Å². The summed E-state index contributed by atoms with van der Waals surface area (Å²) in [6.45, 7) is 11.1. The van der Waals surface area contributed by atoms with Gasteiger partial charge in [-0.25, -0.2) is 0 Å². The van der Waals surface area contributed by atoms with Gasteiger partial charge in [-0.1, -0.05) is 20.8 Å². The van der Waals surface area contributed by atoms with Crippen LogP contribution < -0.4 is 5.73 Å². The zero-order valence-electron chi connectivity index (χ0n) is 11.6. The van der Waals surface area contributed by atoms with Crippen molar-refractivity contribution in [3.8, 4) is 0 Å². The monoisotopic (exact) mass is 268 g/mol. The van der Waals surface area contributed by atoms with Crippen molar-refractivity contribution < 1.29 is 4.74 Å². The highest BCUT2D eigenvalue weighted by Gasteiger charge is 2.24. The molecule has 0 aromatic carbocycles. The number of hydrogen-bond acceptors (Lipinski definition) is 4. The summed E-state index contributed by atoms with van der Waals surface area (Å²) < 4.78 is 5.41. The molecule has 1 fully saturated rings. The normalized spacial score (nSPS) is 20.0. The summed E-state index contributed by atoms with van der Waals surface area (Å²) in [5.41, 5.74) is 6.21. The highest BCUT2D eigenvalue weighted by Crippen LogP contribution is 2.34. The minimum atomic E-state index is 0.229.